The van der Waals surface area contributed by atoms with Gasteiger partial charge in [-0.25, -0.2) is 8.96 Å². The Balaban J connectivity index is 1.75. The number of rotatable bonds is 7. The molecule has 4 rings (SSSR count). The maximum atomic E-state index is 14.3. The SMILES string of the molecule is C=C(C)c1cc(F)cc(C2CCOP(=O)(n3cc(CCN(C)C)c4ccc(OC)cc43)O2)c1. The van der Waals surface area contributed by atoms with E-state index in [2.05, 4.69) is 11.5 Å². The van der Waals surface area contributed by atoms with Gasteiger partial charge in [0.1, 0.15) is 11.6 Å². The molecule has 2 aromatic carbocycles. The van der Waals surface area contributed by atoms with Crippen LogP contribution in [0.25, 0.3) is 16.5 Å². The number of nitrogens with zero attached hydrogens (tertiary/aromatic N) is 2. The minimum Gasteiger partial charge on any atom is -0.497 e. The fourth-order valence-corrected chi connectivity index (χ4v) is 5.92. The predicted octanol–water partition coefficient (Wildman–Crippen LogP) is 6.06. The first-order chi connectivity index (χ1) is 15.7. The summed E-state index contributed by atoms with van der Waals surface area (Å²) in [5.41, 5.74) is 3.82. The second-order valence-corrected chi connectivity index (χ2v) is 10.5. The molecule has 6 nitrogen and oxygen atoms in total. The van der Waals surface area contributed by atoms with Crippen molar-refractivity contribution in [2.75, 3.05) is 34.4 Å². The van der Waals surface area contributed by atoms with Gasteiger partial charge in [-0.15, -0.1) is 0 Å². The van der Waals surface area contributed by atoms with Crippen LogP contribution in [0.2, 0.25) is 0 Å². The first kappa shape index (κ1) is 23.7. The van der Waals surface area contributed by atoms with Crippen LogP contribution in [-0.4, -0.2) is 43.6 Å². The van der Waals surface area contributed by atoms with Crippen LogP contribution in [-0.2, 0) is 20.0 Å². The van der Waals surface area contributed by atoms with Gasteiger partial charge in [-0.3, -0.25) is 13.4 Å². The molecule has 0 bridgehead atoms. The molecule has 1 aliphatic heterocycles. The fraction of sp³-hybridized carbons (Fsp3) is 0.360. The van der Waals surface area contributed by atoms with Crippen LogP contribution in [0.5, 0.6) is 5.75 Å². The summed E-state index contributed by atoms with van der Waals surface area (Å²) in [4.78, 5) is 2.10. The average Bonchev–Trinajstić information content (AvgIpc) is 3.16. The van der Waals surface area contributed by atoms with Crippen molar-refractivity contribution in [2.45, 2.75) is 25.9 Å². The number of hydrogen-bond donors (Lipinski definition) is 0. The van der Waals surface area contributed by atoms with Gasteiger partial charge in [-0.1, -0.05) is 12.2 Å². The van der Waals surface area contributed by atoms with E-state index in [1.54, 1.807) is 11.4 Å². The Labute approximate surface area is 194 Å². The first-order valence-corrected chi connectivity index (χ1v) is 12.4. The van der Waals surface area contributed by atoms with Crippen LogP contribution in [0.3, 0.4) is 0 Å². The van der Waals surface area contributed by atoms with E-state index in [9.17, 15) is 8.96 Å². The molecule has 176 valence electrons. The summed E-state index contributed by atoms with van der Waals surface area (Å²) in [5, 5.41) is 0.970. The largest absolute Gasteiger partial charge is 0.497 e. The van der Waals surface area contributed by atoms with E-state index in [4.69, 9.17) is 13.8 Å². The van der Waals surface area contributed by atoms with E-state index in [1.807, 2.05) is 51.5 Å². The minimum atomic E-state index is -3.74. The summed E-state index contributed by atoms with van der Waals surface area (Å²) < 4.78 is 47.2. The molecule has 1 saturated heterocycles. The Morgan fingerprint density at radius 3 is 2.79 bits per heavy atom. The maximum absolute atomic E-state index is 14.3. The summed E-state index contributed by atoms with van der Waals surface area (Å²) in [6, 6.07) is 10.4. The van der Waals surface area contributed by atoms with E-state index < -0.39 is 13.9 Å². The highest BCUT2D eigenvalue weighted by Crippen LogP contribution is 2.59. The molecule has 0 radical (unpaired) electrons. The third-order valence-corrected chi connectivity index (χ3v) is 7.74. The summed E-state index contributed by atoms with van der Waals surface area (Å²) >= 11 is 0. The Hall–Kier alpha value is -2.44. The molecule has 1 aliphatic rings. The van der Waals surface area contributed by atoms with Crippen molar-refractivity contribution >= 4 is 24.2 Å². The molecule has 1 aromatic heterocycles. The Morgan fingerprint density at radius 2 is 2.09 bits per heavy atom. The Kier molecular flexibility index (Phi) is 6.78. The number of hydrogen-bond acceptors (Lipinski definition) is 5. The molecule has 0 saturated carbocycles. The molecule has 8 heteroatoms. The van der Waals surface area contributed by atoms with Crippen molar-refractivity contribution < 1.29 is 22.7 Å². The zero-order valence-corrected chi connectivity index (χ0v) is 20.4. The number of ether oxygens (including phenoxy) is 1. The van der Waals surface area contributed by atoms with Crippen LogP contribution < -0.4 is 4.74 Å². The van der Waals surface area contributed by atoms with Crippen LogP contribution in [0.4, 0.5) is 4.39 Å². The van der Waals surface area contributed by atoms with Gasteiger partial charge in [-0.2, -0.15) is 0 Å². The summed E-state index contributed by atoms with van der Waals surface area (Å²) in [7, 11) is 1.88. The van der Waals surface area contributed by atoms with Crippen LogP contribution in [0.15, 0.2) is 49.2 Å². The molecule has 2 atom stereocenters. The van der Waals surface area contributed by atoms with Gasteiger partial charge >= 0.3 is 7.75 Å². The van der Waals surface area contributed by atoms with E-state index in [0.717, 1.165) is 29.5 Å². The van der Waals surface area contributed by atoms with Crippen LogP contribution >= 0.6 is 7.75 Å². The summed E-state index contributed by atoms with van der Waals surface area (Å²) in [6.07, 6.45) is 2.53. The van der Waals surface area contributed by atoms with Crippen LogP contribution in [0, 0.1) is 5.82 Å². The van der Waals surface area contributed by atoms with Crippen molar-refractivity contribution in [1.29, 1.82) is 0 Å². The third kappa shape index (κ3) is 4.92. The van der Waals surface area contributed by atoms with Gasteiger partial charge in [0.2, 0.25) is 0 Å². The zero-order chi connectivity index (χ0) is 23.8. The third-order valence-electron chi connectivity index (χ3n) is 5.85. The van der Waals surface area contributed by atoms with Crippen molar-refractivity contribution in [1.82, 2.24) is 9.24 Å². The standard InChI is InChI=1S/C25H30FN2O4P/c1-17(2)19-12-20(14-21(26)13-19)25-9-11-31-33(29,32-25)28-16-18(8-10-27(3)4)23-7-6-22(30-5)15-24(23)28/h6-7,12-16,25H,1,8-11H2,2-5H3. The number of aromatic nitrogens is 1. The molecule has 0 N–H and O–H groups in total. The number of halogens is 1. The number of allylic oxidation sites excluding steroid dienone is 1. The van der Waals surface area contributed by atoms with Gasteiger partial charge in [0.05, 0.1) is 25.3 Å². The quantitative estimate of drug-likeness (QED) is 0.391. The van der Waals surface area contributed by atoms with Gasteiger partial charge in [0, 0.05) is 30.6 Å². The Morgan fingerprint density at radius 1 is 1.30 bits per heavy atom. The molecular formula is C25H30FN2O4P. The monoisotopic (exact) mass is 472 g/mol. The highest BCUT2D eigenvalue weighted by Gasteiger charge is 2.38. The summed E-state index contributed by atoms with van der Waals surface area (Å²) in [5.74, 6) is 0.273. The molecule has 2 heterocycles. The maximum Gasteiger partial charge on any atom is 0.439 e. The molecule has 0 amide bonds. The lowest BCUT2D eigenvalue weighted by Gasteiger charge is -2.31. The topological polar surface area (TPSA) is 52.9 Å². The van der Waals surface area contributed by atoms with Crippen molar-refractivity contribution in [2.24, 2.45) is 0 Å². The van der Waals surface area contributed by atoms with Crippen molar-refractivity contribution in [3.8, 4) is 5.75 Å². The van der Waals surface area contributed by atoms with E-state index in [1.165, 1.54) is 12.1 Å². The first-order valence-electron chi connectivity index (χ1n) is 10.9. The molecule has 0 aliphatic carbocycles. The lowest BCUT2D eigenvalue weighted by atomic mass is 10.0. The Bertz CT molecular complexity index is 1240. The van der Waals surface area contributed by atoms with E-state index >= 15 is 0 Å². The smallest absolute Gasteiger partial charge is 0.439 e. The molecule has 2 unspecified atom stereocenters. The second kappa shape index (κ2) is 9.43. The van der Waals surface area contributed by atoms with E-state index in [-0.39, 0.29) is 12.4 Å². The van der Waals surface area contributed by atoms with Gasteiger partial charge in [0.25, 0.3) is 0 Å². The van der Waals surface area contributed by atoms with Gasteiger partial charge in [-0.05, 0) is 74.5 Å². The van der Waals surface area contributed by atoms with Crippen molar-refractivity contribution in [3.63, 3.8) is 0 Å². The van der Waals surface area contributed by atoms with Crippen molar-refractivity contribution in [3.05, 3.63) is 71.7 Å². The predicted molar refractivity (Wildman–Crippen MR) is 129 cm³/mol. The second-order valence-electron chi connectivity index (χ2n) is 8.67. The van der Waals surface area contributed by atoms with E-state index in [0.29, 0.717) is 28.8 Å². The van der Waals surface area contributed by atoms with Crippen LogP contribution in [0.1, 0.15) is 36.1 Å². The lowest BCUT2D eigenvalue weighted by molar-refractivity contribution is 0.0769. The summed E-state index contributed by atoms with van der Waals surface area (Å²) in [6.45, 7) is 6.80. The minimum absolute atomic E-state index is 0.234. The highest BCUT2D eigenvalue weighted by molar-refractivity contribution is 7.52. The number of methoxy groups -OCH3 is 1. The lowest BCUT2D eigenvalue weighted by Crippen LogP contribution is -2.17. The molecule has 0 spiro atoms. The number of fused-ring (bicyclic) bond motifs is 1. The fourth-order valence-electron chi connectivity index (χ4n) is 4.04. The number of benzene rings is 2. The average molecular weight is 472 g/mol. The molecule has 3 aromatic rings. The highest BCUT2D eigenvalue weighted by atomic mass is 31.2. The molecular weight excluding hydrogens is 442 g/mol. The molecule has 1 fully saturated rings. The zero-order valence-electron chi connectivity index (χ0n) is 19.5. The van der Waals surface area contributed by atoms with Gasteiger partial charge < -0.3 is 9.64 Å². The normalized spacial score (nSPS) is 21.0. The molecule has 33 heavy (non-hydrogen) atoms. The van der Waals surface area contributed by atoms with Gasteiger partial charge in [0.15, 0.2) is 0 Å². The number of likely N-dealkylation sites (N-methyl/N-ethyl adjacent to an activating group) is 1.